The van der Waals surface area contributed by atoms with E-state index in [1.54, 1.807) is 29.2 Å². The molecule has 0 fully saturated rings. The molecule has 0 aliphatic rings. The molecule has 1 atom stereocenters. The molecule has 0 aliphatic carbocycles. The molecule has 0 aliphatic heterocycles. The van der Waals surface area contributed by atoms with Crippen LogP contribution in [0.15, 0.2) is 77.4 Å². The maximum absolute atomic E-state index is 12.7. The summed E-state index contributed by atoms with van der Waals surface area (Å²) in [7, 11) is 0. The normalized spacial score (nSPS) is 11.5. The van der Waals surface area contributed by atoms with Crippen LogP contribution in [0.1, 0.15) is 24.4 Å². The number of rotatable bonds is 8. The van der Waals surface area contributed by atoms with Crippen molar-refractivity contribution in [3.63, 3.8) is 0 Å². The van der Waals surface area contributed by atoms with Crippen LogP contribution in [0.25, 0.3) is 0 Å². The first-order valence-electron chi connectivity index (χ1n) is 9.77. The summed E-state index contributed by atoms with van der Waals surface area (Å²) >= 11 is 0. The third-order valence-corrected chi connectivity index (χ3v) is 4.58. The van der Waals surface area contributed by atoms with E-state index in [0.29, 0.717) is 18.0 Å². The monoisotopic (exact) mass is 407 g/mol. The molecule has 0 bridgehead atoms. The minimum Gasteiger partial charge on any atom is -0.467 e. The number of para-hydroxylation sites is 1. The van der Waals surface area contributed by atoms with Gasteiger partial charge in [-0.25, -0.2) is 4.79 Å². The third kappa shape index (κ3) is 5.71. The van der Waals surface area contributed by atoms with E-state index < -0.39 is 12.1 Å². The van der Waals surface area contributed by atoms with E-state index in [9.17, 15) is 14.7 Å². The van der Waals surface area contributed by atoms with Crippen LogP contribution in [0.3, 0.4) is 0 Å². The summed E-state index contributed by atoms with van der Waals surface area (Å²) in [6.07, 6.45) is 0.819. The number of nitrogens with one attached hydrogen (secondary N) is 2. The van der Waals surface area contributed by atoms with Gasteiger partial charge in [-0.2, -0.15) is 0 Å². The molecule has 30 heavy (non-hydrogen) atoms. The van der Waals surface area contributed by atoms with Crippen LogP contribution in [0, 0.1) is 0 Å². The number of furan rings is 1. The van der Waals surface area contributed by atoms with Crippen molar-refractivity contribution in [3.05, 3.63) is 84.3 Å². The number of hydrogen-bond acceptors (Lipinski definition) is 4. The highest BCUT2D eigenvalue weighted by molar-refractivity contribution is 5.95. The molecule has 3 rings (SSSR count). The van der Waals surface area contributed by atoms with Gasteiger partial charge >= 0.3 is 6.03 Å². The van der Waals surface area contributed by atoms with E-state index in [1.165, 1.54) is 6.26 Å². The minimum absolute atomic E-state index is 0.00839. The van der Waals surface area contributed by atoms with E-state index in [-0.39, 0.29) is 18.9 Å². The van der Waals surface area contributed by atoms with Crippen LogP contribution in [0.2, 0.25) is 0 Å². The predicted octanol–water partition coefficient (Wildman–Crippen LogP) is 3.73. The number of hydrogen-bond donors (Lipinski definition) is 3. The van der Waals surface area contributed by atoms with Crippen molar-refractivity contribution < 1.29 is 19.1 Å². The topological polar surface area (TPSA) is 94.8 Å². The number of carbonyl (C=O) groups excluding carboxylic acids is 2. The van der Waals surface area contributed by atoms with Crippen molar-refractivity contribution in [2.75, 3.05) is 23.3 Å². The molecule has 7 heteroatoms. The Kier molecular flexibility index (Phi) is 7.24. The number of aliphatic hydroxyl groups is 1. The summed E-state index contributed by atoms with van der Waals surface area (Å²) in [6.45, 7) is 2.56. The van der Waals surface area contributed by atoms with Gasteiger partial charge in [0, 0.05) is 17.9 Å². The summed E-state index contributed by atoms with van der Waals surface area (Å²) in [5, 5.41) is 15.2. The van der Waals surface area contributed by atoms with Gasteiger partial charge in [-0.05, 0) is 48.9 Å². The maximum atomic E-state index is 12.7. The fourth-order valence-corrected chi connectivity index (χ4v) is 3.03. The van der Waals surface area contributed by atoms with Crippen molar-refractivity contribution >= 4 is 23.3 Å². The fraction of sp³-hybridized carbons (Fsp3) is 0.217. The lowest BCUT2D eigenvalue weighted by atomic mass is 10.1. The van der Waals surface area contributed by atoms with E-state index in [4.69, 9.17) is 4.42 Å². The number of carbonyl (C=O) groups is 2. The van der Waals surface area contributed by atoms with Gasteiger partial charge in [-0.1, -0.05) is 30.3 Å². The SMILES string of the molecule is CCN(C(=O)Cc1ccc(NC(=O)NCC(O)c2ccco2)cc1)c1ccccc1. The van der Waals surface area contributed by atoms with E-state index in [0.717, 1.165) is 11.3 Å². The molecule has 1 unspecified atom stereocenters. The molecule has 156 valence electrons. The second-order valence-corrected chi connectivity index (χ2v) is 6.71. The molecule has 0 radical (unpaired) electrons. The molecule has 3 N–H and O–H groups in total. The lowest BCUT2D eigenvalue weighted by Gasteiger charge is -2.21. The summed E-state index contributed by atoms with van der Waals surface area (Å²) in [5.74, 6) is 0.398. The quantitative estimate of drug-likeness (QED) is 0.530. The largest absolute Gasteiger partial charge is 0.467 e. The Morgan fingerprint density at radius 1 is 1.03 bits per heavy atom. The van der Waals surface area contributed by atoms with Crippen molar-refractivity contribution in [1.29, 1.82) is 0 Å². The number of amides is 3. The lowest BCUT2D eigenvalue weighted by Crippen LogP contribution is -2.32. The molecule has 0 saturated carbocycles. The Balaban J connectivity index is 1.50. The highest BCUT2D eigenvalue weighted by Crippen LogP contribution is 2.16. The number of nitrogens with zero attached hydrogens (tertiary/aromatic N) is 1. The van der Waals surface area contributed by atoms with E-state index in [1.807, 2.05) is 49.4 Å². The Bertz CT molecular complexity index is 940. The highest BCUT2D eigenvalue weighted by atomic mass is 16.4. The first kappa shape index (κ1) is 21.1. The Morgan fingerprint density at radius 3 is 2.40 bits per heavy atom. The summed E-state index contributed by atoms with van der Waals surface area (Å²) in [4.78, 5) is 26.4. The standard InChI is InChI=1S/C23H25N3O4/c1-2-26(19-7-4-3-5-8-19)22(28)15-17-10-12-18(13-11-17)25-23(29)24-16-20(27)21-9-6-14-30-21/h3-14,20,27H,2,15-16H2,1H3,(H2,24,25,29). The van der Waals surface area contributed by atoms with E-state index >= 15 is 0 Å². The number of urea groups is 1. The number of aliphatic hydroxyl groups excluding tert-OH is 1. The van der Waals surface area contributed by atoms with Gasteiger partial charge in [-0.3, -0.25) is 4.79 Å². The minimum atomic E-state index is -0.912. The Labute approximate surface area is 175 Å². The zero-order valence-corrected chi connectivity index (χ0v) is 16.7. The smallest absolute Gasteiger partial charge is 0.319 e. The van der Waals surface area contributed by atoms with Crippen molar-refractivity contribution in [1.82, 2.24) is 5.32 Å². The van der Waals surface area contributed by atoms with Crippen LogP contribution < -0.4 is 15.5 Å². The van der Waals surface area contributed by atoms with Gasteiger partial charge in [0.1, 0.15) is 11.9 Å². The van der Waals surface area contributed by atoms with Crippen molar-refractivity contribution in [2.45, 2.75) is 19.4 Å². The molecule has 1 aromatic heterocycles. The molecule has 3 aromatic rings. The molecule has 3 amide bonds. The van der Waals surface area contributed by atoms with Crippen molar-refractivity contribution in [3.8, 4) is 0 Å². The van der Waals surface area contributed by atoms with E-state index in [2.05, 4.69) is 10.6 Å². The van der Waals surface area contributed by atoms with Gasteiger partial charge in [0.25, 0.3) is 0 Å². The second kappa shape index (κ2) is 10.3. The third-order valence-electron chi connectivity index (χ3n) is 4.58. The van der Waals surface area contributed by atoms with Gasteiger partial charge in [0.2, 0.25) is 5.91 Å². The van der Waals surface area contributed by atoms with Gasteiger partial charge in [0.15, 0.2) is 0 Å². The van der Waals surface area contributed by atoms with Crippen LogP contribution >= 0.6 is 0 Å². The Hall–Kier alpha value is -3.58. The number of anilines is 2. The van der Waals surface area contributed by atoms with Crippen LogP contribution in [0.5, 0.6) is 0 Å². The summed E-state index contributed by atoms with van der Waals surface area (Å²) in [6, 6.07) is 19.5. The van der Waals surface area contributed by atoms with Crippen LogP contribution in [-0.2, 0) is 11.2 Å². The second-order valence-electron chi connectivity index (χ2n) is 6.71. The molecule has 7 nitrogen and oxygen atoms in total. The maximum Gasteiger partial charge on any atom is 0.319 e. The average Bonchev–Trinajstić information content (AvgIpc) is 3.30. The van der Waals surface area contributed by atoms with Gasteiger partial charge < -0.3 is 25.1 Å². The zero-order valence-electron chi connectivity index (χ0n) is 16.7. The molecule has 1 heterocycles. The fourth-order valence-electron chi connectivity index (χ4n) is 3.03. The van der Waals surface area contributed by atoms with Crippen molar-refractivity contribution in [2.24, 2.45) is 0 Å². The highest BCUT2D eigenvalue weighted by Gasteiger charge is 2.15. The molecule has 0 spiro atoms. The summed E-state index contributed by atoms with van der Waals surface area (Å²) < 4.78 is 5.09. The first-order valence-corrected chi connectivity index (χ1v) is 9.77. The predicted molar refractivity (Wildman–Crippen MR) is 115 cm³/mol. The average molecular weight is 407 g/mol. The first-order chi connectivity index (χ1) is 14.6. The summed E-state index contributed by atoms with van der Waals surface area (Å²) in [5.41, 5.74) is 2.32. The molecular formula is C23H25N3O4. The lowest BCUT2D eigenvalue weighted by molar-refractivity contribution is -0.117. The van der Waals surface area contributed by atoms with Gasteiger partial charge in [0.05, 0.1) is 19.2 Å². The number of benzene rings is 2. The molecule has 0 saturated heterocycles. The zero-order chi connectivity index (χ0) is 21.3. The number of likely N-dealkylation sites (N-methyl/N-ethyl adjacent to an activating group) is 1. The van der Waals surface area contributed by atoms with Crippen LogP contribution in [0.4, 0.5) is 16.2 Å². The van der Waals surface area contributed by atoms with Crippen LogP contribution in [-0.4, -0.2) is 30.1 Å². The molecular weight excluding hydrogens is 382 g/mol. The van der Waals surface area contributed by atoms with Gasteiger partial charge in [-0.15, -0.1) is 0 Å². The molecule has 2 aromatic carbocycles. The Morgan fingerprint density at radius 2 is 1.77 bits per heavy atom.